The topological polar surface area (TPSA) is 86.6 Å². The lowest BCUT2D eigenvalue weighted by Gasteiger charge is -2.13. The van der Waals surface area contributed by atoms with Crippen LogP contribution in [-0.4, -0.2) is 34.7 Å². The van der Waals surface area contributed by atoms with Crippen LogP contribution in [0.5, 0.6) is 0 Å². The van der Waals surface area contributed by atoms with Crippen LogP contribution in [0.15, 0.2) is 18.2 Å². The van der Waals surface area contributed by atoms with E-state index in [9.17, 15) is 14.0 Å². The molecule has 1 aromatic rings. The number of amides is 1. The van der Waals surface area contributed by atoms with Crippen molar-refractivity contribution in [3.63, 3.8) is 0 Å². The molecule has 0 bridgehead atoms. The lowest BCUT2D eigenvalue weighted by molar-refractivity contribution is -0.139. The van der Waals surface area contributed by atoms with E-state index < -0.39 is 23.7 Å². The first kappa shape index (κ1) is 14.1. The number of aliphatic hydroxyl groups is 1. The van der Waals surface area contributed by atoms with Gasteiger partial charge in [0.05, 0.1) is 0 Å². The molecular weight excluding hydrogens is 241 g/mol. The fourth-order valence-electron chi connectivity index (χ4n) is 1.36. The lowest BCUT2D eigenvalue weighted by Crippen LogP contribution is -2.41. The summed E-state index contributed by atoms with van der Waals surface area (Å²) in [7, 11) is 0. The first-order valence-electron chi connectivity index (χ1n) is 5.36. The van der Waals surface area contributed by atoms with Crippen LogP contribution >= 0.6 is 0 Å². The Labute approximate surface area is 103 Å². The van der Waals surface area contributed by atoms with Gasteiger partial charge >= 0.3 is 5.97 Å². The number of carbonyl (C=O) groups is 2. The molecule has 1 amide bonds. The third-order valence-corrected chi connectivity index (χ3v) is 2.46. The molecule has 0 spiro atoms. The van der Waals surface area contributed by atoms with Crippen molar-refractivity contribution in [1.82, 2.24) is 5.32 Å². The molecule has 0 saturated heterocycles. The van der Waals surface area contributed by atoms with E-state index in [1.165, 1.54) is 12.1 Å². The maximum atomic E-state index is 13.2. The minimum absolute atomic E-state index is 0.0438. The molecule has 0 radical (unpaired) electrons. The van der Waals surface area contributed by atoms with Crippen LogP contribution in [-0.2, 0) is 4.79 Å². The van der Waals surface area contributed by atoms with Crippen LogP contribution in [0.4, 0.5) is 4.39 Å². The van der Waals surface area contributed by atoms with E-state index in [4.69, 9.17) is 10.2 Å². The van der Waals surface area contributed by atoms with Crippen molar-refractivity contribution in [2.45, 2.75) is 19.4 Å². The molecule has 0 aliphatic rings. The molecule has 1 rings (SSSR count). The Bertz CT molecular complexity index is 461. The van der Waals surface area contributed by atoms with Gasteiger partial charge in [-0.1, -0.05) is 6.07 Å². The quantitative estimate of drug-likeness (QED) is 0.722. The highest BCUT2D eigenvalue weighted by atomic mass is 19.1. The SMILES string of the molecule is Cc1ccc(C(=O)NC(CCO)C(=O)O)cc1F. The normalized spacial score (nSPS) is 11.9. The number of aryl methyl sites for hydroxylation is 1. The molecule has 1 unspecified atom stereocenters. The van der Waals surface area contributed by atoms with Crippen LogP contribution in [0.1, 0.15) is 22.3 Å². The summed E-state index contributed by atoms with van der Waals surface area (Å²) in [4.78, 5) is 22.5. The Morgan fingerprint density at radius 2 is 2.11 bits per heavy atom. The van der Waals surface area contributed by atoms with Crippen LogP contribution in [0.3, 0.4) is 0 Å². The minimum atomic E-state index is -1.25. The van der Waals surface area contributed by atoms with E-state index in [1.807, 2.05) is 0 Å². The Balaban J connectivity index is 2.80. The second kappa shape index (κ2) is 6.11. The van der Waals surface area contributed by atoms with Gasteiger partial charge in [0.1, 0.15) is 11.9 Å². The zero-order valence-corrected chi connectivity index (χ0v) is 9.81. The minimum Gasteiger partial charge on any atom is -0.480 e. The molecular formula is C12H14FNO4. The summed E-state index contributed by atoms with van der Waals surface area (Å²) in [6.45, 7) is 1.20. The third kappa shape index (κ3) is 3.53. The molecule has 3 N–H and O–H groups in total. The molecule has 0 fully saturated rings. The molecule has 18 heavy (non-hydrogen) atoms. The average molecular weight is 255 g/mol. The largest absolute Gasteiger partial charge is 0.480 e. The van der Waals surface area contributed by atoms with Gasteiger partial charge in [0.25, 0.3) is 5.91 Å². The molecule has 0 aliphatic heterocycles. The molecule has 5 nitrogen and oxygen atoms in total. The molecule has 0 aliphatic carbocycles. The number of aliphatic carboxylic acids is 1. The smallest absolute Gasteiger partial charge is 0.326 e. The standard InChI is InChI=1S/C12H14FNO4/c1-7-2-3-8(6-9(7)13)11(16)14-10(4-5-15)12(17)18/h2-3,6,10,15H,4-5H2,1H3,(H,14,16)(H,17,18). The van der Waals surface area contributed by atoms with E-state index in [0.29, 0.717) is 5.56 Å². The van der Waals surface area contributed by atoms with Gasteiger partial charge in [0.2, 0.25) is 0 Å². The van der Waals surface area contributed by atoms with E-state index in [-0.39, 0.29) is 18.6 Å². The molecule has 0 heterocycles. The number of hydrogen-bond acceptors (Lipinski definition) is 3. The number of carbonyl (C=O) groups excluding carboxylic acids is 1. The van der Waals surface area contributed by atoms with Crippen LogP contribution in [0.25, 0.3) is 0 Å². The molecule has 0 aromatic heterocycles. The monoisotopic (exact) mass is 255 g/mol. The van der Waals surface area contributed by atoms with Gasteiger partial charge < -0.3 is 15.5 Å². The maximum absolute atomic E-state index is 13.2. The number of halogens is 1. The second-order valence-corrected chi connectivity index (χ2v) is 3.84. The van der Waals surface area contributed by atoms with E-state index >= 15 is 0 Å². The zero-order valence-electron chi connectivity index (χ0n) is 9.81. The second-order valence-electron chi connectivity index (χ2n) is 3.84. The van der Waals surface area contributed by atoms with Gasteiger partial charge in [-0.15, -0.1) is 0 Å². The van der Waals surface area contributed by atoms with Crippen LogP contribution in [0.2, 0.25) is 0 Å². The molecule has 98 valence electrons. The van der Waals surface area contributed by atoms with Crippen molar-refractivity contribution in [3.05, 3.63) is 35.1 Å². The fourth-order valence-corrected chi connectivity index (χ4v) is 1.36. The van der Waals surface area contributed by atoms with Crippen LogP contribution in [0, 0.1) is 12.7 Å². The number of nitrogens with one attached hydrogen (secondary N) is 1. The van der Waals surface area contributed by atoms with Crippen molar-refractivity contribution in [2.75, 3.05) is 6.61 Å². The summed E-state index contributed by atoms with van der Waals surface area (Å²) >= 11 is 0. The fraction of sp³-hybridized carbons (Fsp3) is 0.333. The summed E-state index contributed by atoms with van der Waals surface area (Å²) in [5.74, 6) is -2.46. The maximum Gasteiger partial charge on any atom is 0.326 e. The first-order valence-corrected chi connectivity index (χ1v) is 5.36. The summed E-state index contributed by atoms with van der Waals surface area (Å²) in [6.07, 6.45) is -0.102. The Morgan fingerprint density at radius 1 is 1.44 bits per heavy atom. The Kier molecular flexibility index (Phi) is 4.79. The van der Waals surface area contributed by atoms with Gasteiger partial charge in [-0.05, 0) is 24.6 Å². The van der Waals surface area contributed by atoms with Crippen LogP contribution < -0.4 is 5.32 Å². The molecule has 1 atom stereocenters. The molecule has 0 saturated carbocycles. The first-order chi connectivity index (χ1) is 8.45. The van der Waals surface area contributed by atoms with Gasteiger partial charge in [0.15, 0.2) is 0 Å². The van der Waals surface area contributed by atoms with Gasteiger partial charge in [-0.2, -0.15) is 0 Å². The predicted octanol–water partition coefficient (Wildman–Crippen LogP) is 0.700. The molecule has 1 aromatic carbocycles. The summed E-state index contributed by atoms with van der Waals surface area (Å²) in [5, 5.41) is 19.7. The number of aliphatic hydroxyl groups excluding tert-OH is 1. The van der Waals surface area contributed by atoms with E-state index in [1.54, 1.807) is 6.92 Å². The van der Waals surface area contributed by atoms with Crippen molar-refractivity contribution in [2.24, 2.45) is 0 Å². The number of carboxylic acid groups (broad SMARTS) is 1. The van der Waals surface area contributed by atoms with E-state index in [0.717, 1.165) is 6.07 Å². The summed E-state index contributed by atoms with van der Waals surface area (Å²) in [5.41, 5.74) is 0.444. The highest BCUT2D eigenvalue weighted by molar-refractivity contribution is 5.96. The Hall–Kier alpha value is -1.95. The predicted molar refractivity (Wildman–Crippen MR) is 61.7 cm³/mol. The zero-order chi connectivity index (χ0) is 13.7. The number of carboxylic acids is 1. The summed E-state index contributed by atoms with van der Waals surface area (Å²) < 4.78 is 13.2. The lowest BCUT2D eigenvalue weighted by atomic mass is 10.1. The van der Waals surface area contributed by atoms with Crippen molar-refractivity contribution in [1.29, 1.82) is 0 Å². The van der Waals surface area contributed by atoms with Gasteiger partial charge in [-0.25, -0.2) is 9.18 Å². The van der Waals surface area contributed by atoms with Crippen molar-refractivity contribution < 1.29 is 24.2 Å². The Morgan fingerprint density at radius 3 is 2.61 bits per heavy atom. The van der Waals surface area contributed by atoms with E-state index in [2.05, 4.69) is 5.32 Å². The molecule has 6 heteroatoms. The van der Waals surface area contributed by atoms with Gasteiger partial charge in [-0.3, -0.25) is 4.79 Å². The highest BCUT2D eigenvalue weighted by Crippen LogP contribution is 2.09. The number of hydrogen-bond donors (Lipinski definition) is 3. The van der Waals surface area contributed by atoms with Crippen molar-refractivity contribution >= 4 is 11.9 Å². The summed E-state index contributed by atoms with van der Waals surface area (Å²) in [6, 6.07) is 2.70. The highest BCUT2D eigenvalue weighted by Gasteiger charge is 2.20. The van der Waals surface area contributed by atoms with Gasteiger partial charge in [0, 0.05) is 18.6 Å². The third-order valence-electron chi connectivity index (χ3n) is 2.46. The van der Waals surface area contributed by atoms with Crippen molar-refractivity contribution in [3.8, 4) is 0 Å². The number of benzene rings is 1. The average Bonchev–Trinajstić information content (AvgIpc) is 2.31. The number of rotatable bonds is 5.